The van der Waals surface area contributed by atoms with Crippen LogP contribution in [0.4, 0.5) is 0 Å². The third-order valence-electron chi connectivity index (χ3n) is 5.22. The van der Waals surface area contributed by atoms with Crippen molar-refractivity contribution in [2.45, 2.75) is 38.8 Å². The molecule has 0 aliphatic carbocycles. The lowest BCUT2D eigenvalue weighted by Crippen LogP contribution is -2.26. The number of benzene rings is 1. The molecule has 0 fully saturated rings. The Morgan fingerprint density at radius 1 is 1.19 bits per heavy atom. The first kappa shape index (κ1) is 23.3. The van der Waals surface area contributed by atoms with E-state index in [1.54, 1.807) is 27.8 Å². The Morgan fingerprint density at radius 3 is 2.41 bits per heavy atom. The van der Waals surface area contributed by atoms with Crippen LogP contribution in [-0.4, -0.2) is 51.2 Å². The monoisotopic (exact) mass is 463 g/mol. The van der Waals surface area contributed by atoms with Crippen LogP contribution >= 0.6 is 0 Å². The largest absolute Gasteiger partial charge is 0.490 e. The molecular weight excluding hydrogens is 438 g/mol. The van der Waals surface area contributed by atoms with Gasteiger partial charge in [-0.1, -0.05) is 0 Å². The SMILES string of the molecule is CCn1[nH]cc(C(=O)c2ccc(S(C)(=O)=O)c(OCCn3nc(C)n(C)c3=O)c2C)c1=O. The van der Waals surface area contributed by atoms with Gasteiger partial charge in [0.05, 0.1) is 6.54 Å². The molecule has 0 aliphatic heterocycles. The summed E-state index contributed by atoms with van der Waals surface area (Å²) in [5, 5.41) is 6.84. The second-order valence-electron chi connectivity index (χ2n) is 7.36. The Labute approximate surface area is 184 Å². The van der Waals surface area contributed by atoms with Crippen LogP contribution in [0.2, 0.25) is 0 Å². The molecule has 3 aromatic rings. The number of aryl methyl sites for hydroxylation is 2. The minimum absolute atomic E-state index is 0.00500. The number of ketones is 1. The zero-order valence-electron chi connectivity index (χ0n) is 18.5. The lowest BCUT2D eigenvalue weighted by Gasteiger charge is -2.15. The van der Waals surface area contributed by atoms with E-state index in [0.29, 0.717) is 12.4 Å². The molecule has 0 spiro atoms. The van der Waals surface area contributed by atoms with Crippen LogP contribution in [0.15, 0.2) is 32.8 Å². The summed E-state index contributed by atoms with van der Waals surface area (Å²) in [7, 11) is -2.08. The summed E-state index contributed by atoms with van der Waals surface area (Å²) >= 11 is 0. The van der Waals surface area contributed by atoms with Crippen LogP contribution in [-0.2, 0) is 30.0 Å². The van der Waals surface area contributed by atoms with Crippen LogP contribution in [0.1, 0.15) is 34.2 Å². The fourth-order valence-corrected chi connectivity index (χ4v) is 4.18. The van der Waals surface area contributed by atoms with Gasteiger partial charge >= 0.3 is 5.69 Å². The lowest BCUT2D eigenvalue weighted by molar-refractivity contribution is 0.103. The van der Waals surface area contributed by atoms with Crippen LogP contribution in [0, 0.1) is 13.8 Å². The number of carbonyl (C=O) groups is 1. The molecule has 0 amide bonds. The van der Waals surface area contributed by atoms with Gasteiger partial charge in [0.15, 0.2) is 9.84 Å². The Balaban J connectivity index is 1.98. The first-order chi connectivity index (χ1) is 15.0. The summed E-state index contributed by atoms with van der Waals surface area (Å²) in [6.07, 6.45) is 2.36. The van der Waals surface area contributed by atoms with E-state index >= 15 is 0 Å². The number of H-pyrrole nitrogens is 1. The number of carbonyl (C=O) groups excluding carboxylic acids is 1. The van der Waals surface area contributed by atoms with Gasteiger partial charge in [0.2, 0.25) is 5.78 Å². The second-order valence-corrected chi connectivity index (χ2v) is 9.35. The number of ether oxygens (including phenoxy) is 1. The topological polar surface area (TPSA) is 138 Å². The fourth-order valence-electron chi connectivity index (χ4n) is 3.31. The summed E-state index contributed by atoms with van der Waals surface area (Å²) in [6, 6.07) is 2.66. The molecule has 32 heavy (non-hydrogen) atoms. The summed E-state index contributed by atoms with van der Waals surface area (Å²) < 4.78 is 34.2. The van der Waals surface area contributed by atoms with Crippen molar-refractivity contribution in [1.82, 2.24) is 24.1 Å². The third-order valence-corrected chi connectivity index (χ3v) is 6.34. The Bertz CT molecular complexity index is 1410. The first-order valence-corrected chi connectivity index (χ1v) is 11.8. The molecule has 2 heterocycles. The van der Waals surface area contributed by atoms with Crippen molar-refractivity contribution in [2.24, 2.45) is 7.05 Å². The van der Waals surface area contributed by atoms with E-state index in [2.05, 4.69) is 10.2 Å². The maximum atomic E-state index is 13.0. The second kappa shape index (κ2) is 8.61. The lowest BCUT2D eigenvalue weighted by atomic mass is 10.0. The number of aromatic nitrogens is 5. The van der Waals surface area contributed by atoms with Crippen LogP contribution in [0.3, 0.4) is 0 Å². The predicted octanol–water partition coefficient (Wildman–Crippen LogP) is 0.422. The quantitative estimate of drug-likeness (QED) is 0.478. The summed E-state index contributed by atoms with van der Waals surface area (Å²) in [5.41, 5.74) is -0.404. The average molecular weight is 464 g/mol. The molecule has 11 nitrogen and oxygen atoms in total. The Kier molecular flexibility index (Phi) is 6.26. The van der Waals surface area contributed by atoms with Crippen LogP contribution < -0.4 is 16.0 Å². The molecule has 3 rings (SSSR count). The Morgan fingerprint density at radius 2 is 1.88 bits per heavy atom. The molecule has 1 N–H and O–H groups in total. The zero-order chi connectivity index (χ0) is 23.8. The minimum Gasteiger partial charge on any atom is -0.490 e. The van der Waals surface area contributed by atoms with Gasteiger partial charge in [0.25, 0.3) is 5.56 Å². The number of hydrogen-bond donors (Lipinski definition) is 1. The molecule has 0 aliphatic rings. The highest BCUT2D eigenvalue weighted by Gasteiger charge is 2.24. The van der Waals surface area contributed by atoms with Gasteiger partial charge in [-0.25, -0.2) is 17.9 Å². The number of rotatable bonds is 8. The number of nitrogens with one attached hydrogen (secondary N) is 1. The molecule has 0 saturated carbocycles. The van der Waals surface area contributed by atoms with E-state index in [-0.39, 0.29) is 46.2 Å². The molecule has 172 valence electrons. The summed E-state index contributed by atoms with van der Waals surface area (Å²) in [5.74, 6) is -0.0114. The fraction of sp³-hybridized carbons (Fsp3) is 0.400. The number of aromatic amines is 1. The molecule has 0 bridgehead atoms. The normalized spacial score (nSPS) is 11.7. The standard InChI is InChI=1S/C20H25N5O6S/c1-6-24-19(27)15(11-21-24)17(26)14-7-8-16(32(5,29)30)18(12(14)2)31-10-9-25-20(28)23(4)13(3)22-25/h7-8,11,21H,6,9-10H2,1-5H3. The predicted molar refractivity (Wildman–Crippen MR) is 116 cm³/mol. The highest BCUT2D eigenvalue weighted by Crippen LogP contribution is 2.31. The maximum absolute atomic E-state index is 13.0. The van der Waals surface area contributed by atoms with Gasteiger partial charge in [0.1, 0.15) is 28.6 Å². The Hall–Kier alpha value is -3.41. The molecule has 12 heteroatoms. The minimum atomic E-state index is -3.67. The number of hydrogen-bond acceptors (Lipinski definition) is 7. The molecule has 0 atom stereocenters. The maximum Gasteiger partial charge on any atom is 0.345 e. The van der Waals surface area contributed by atoms with Crippen molar-refractivity contribution in [2.75, 3.05) is 12.9 Å². The van der Waals surface area contributed by atoms with E-state index in [9.17, 15) is 22.8 Å². The number of sulfone groups is 1. The highest BCUT2D eigenvalue weighted by molar-refractivity contribution is 7.90. The zero-order valence-corrected chi connectivity index (χ0v) is 19.3. The summed E-state index contributed by atoms with van der Waals surface area (Å²) in [4.78, 5) is 37.4. The van der Waals surface area contributed by atoms with Crippen molar-refractivity contribution in [3.05, 3.63) is 61.7 Å². The average Bonchev–Trinajstić information content (AvgIpc) is 3.22. The van der Waals surface area contributed by atoms with Crippen LogP contribution in [0.25, 0.3) is 0 Å². The van der Waals surface area contributed by atoms with Gasteiger partial charge in [-0.2, -0.15) is 5.10 Å². The number of nitrogens with zero attached hydrogens (tertiary/aromatic N) is 4. The van der Waals surface area contributed by atoms with Gasteiger partial charge in [-0.15, -0.1) is 0 Å². The van der Waals surface area contributed by atoms with E-state index in [0.717, 1.165) is 6.26 Å². The highest BCUT2D eigenvalue weighted by atomic mass is 32.2. The molecule has 1 aromatic carbocycles. The first-order valence-electron chi connectivity index (χ1n) is 9.87. The molecule has 0 radical (unpaired) electrons. The molecule has 0 saturated heterocycles. The van der Waals surface area contributed by atoms with E-state index in [4.69, 9.17) is 4.74 Å². The van der Waals surface area contributed by atoms with Crippen molar-refractivity contribution in [1.29, 1.82) is 0 Å². The van der Waals surface area contributed by atoms with Gasteiger partial charge in [-0.05, 0) is 32.9 Å². The smallest absolute Gasteiger partial charge is 0.345 e. The van der Waals surface area contributed by atoms with Crippen LogP contribution in [0.5, 0.6) is 5.75 Å². The van der Waals surface area contributed by atoms with Crippen molar-refractivity contribution < 1.29 is 17.9 Å². The molecule has 0 unspecified atom stereocenters. The van der Waals surface area contributed by atoms with Gasteiger partial charge in [0, 0.05) is 37.2 Å². The van der Waals surface area contributed by atoms with Gasteiger partial charge in [-0.3, -0.25) is 18.8 Å². The van der Waals surface area contributed by atoms with E-state index < -0.39 is 21.2 Å². The van der Waals surface area contributed by atoms with Crippen molar-refractivity contribution >= 4 is 15.6 Å². The van der Waals surface area contributed by atoms with Crippen molar-refractivity contribution in [3.8, 4) is 5.75 Å². The molecule has 2 aromatic heterocycles. The van der Waals surface area contributed by atoms with Gasteiger partial charge < -0.3 is 9.84 Å². The van der Waals surface area contributed by atoms with E-state index in [1.807, 2.05) is 0 Å². The summed E-state index contributed by atoms with van der Waals surface area (Å²) in [6.45, 7) is 5.41. The molecular formula is C20H25N5O6S. The third kappa shape index (κ3) is 4.17. The van der Waals surface area contributed by atoms with E-state index in [1.165, 1.54) is 32.3 Å². The van der Waals surface area contributed by atoms with Crippen molar-refractivity contribution in [3.63, 3.8) is 0 Å².